The van der Waals surface area contributed by atoms with E-state index in [1.165, 1.54) is 12.1 Å². The first-order chi connectivity index (χ1) is 13.6. The van der Waals surface area contributed by atoms with Gasteiger partial charge < -0.3 is 37.0 Å². The molecule has 2 atom stereocenters. The van der Waals surface area contributed by atoms with Crippen molar-refractivity contribution in [3.8, 4) is 5.75 Å². The number of nitrogens with one attached hydrogen (secondary N) is 3. The van der Waals surface area contributed by atoms with E-state index in [9.17, 15) is 29.1 Å². The van der Waals surface area contributed by atoms with Gasteiger partial charge in [0.15, 0.2) is 0 Å². The lowest BCUT2D eigenvalue weighted by Gasteiger charge is -2.19. The zero-order valence-corrected chi connectivity index (χ0v) is 15.3. The number of nitrogens with two attached hydrogens (primary N) is 1. The average Bonchev–Trinajstić information content (AvgIpc) is 2.66. The van der Waals surface area contributed by atoms with Crippen LogP contribution in [-0.4, -0.2) is 70.2 Å². The van der Waals surface area contributed by atoms with E-state index in [0.29, 0.717) is 5.56 Å². The summed E-state index contributed by atoms with van der Waals surface area (Å²) in [4.78, 5) is 57.3. The smallest absolute Gasteiger partial charge is 0.326 e. The third kappa shape index (κ3) is 8.71. The van der Waals surface area contributed by atoms with Gasteiger partial charge in [0, 0.05) is 6.42 Å². The molecule has 12 heteroatoms. The normalized spacial score (nSPS) is 12.3. The van der Waals surface area contributed by atoms with Gasteiger partial charge in [-0.3, -0.25) is 19.2 Å². The fourth-order valence-electron chi connectivity index (χ4n) is 2.24. The van der Waals surface area contributed by atoms with Crippen molar-refractivity contribution in [3.63, 3.8) is 0 Å². The molecule has 0 saturated carbocycles. The maximum atomic E-state index is 12.4. The molecule has 0 aliphatic heterocycles. The van der Waals surface area contributed by atoms with E-state index in [-0.39, 0.29) is 18.7 Å². The van der Waals surface area contributed by atoms with Gasteiger partial charge in [-0.25, -0.2) is 4.79 Å². The predicted octanol–water partition coefficient (Wildman–Crippen LogP) is -2.46. The van der Waals surface area contributed by atoms with Crippen LogP contribution in [0.3, 0.4) is 0 Å². The zero-order chi connectivity index (χ0) is 22.0. The molecule has 29 heavy (non-hydrogen) atoms. The maximum Gasteiger partial charge on any atom is 0.326 e. The van der Waals surface area contributed by atoms with Crippen molar-refractivity contribution >= 4 is 29.7 Å². The van der Waals surface area contributed by atoms with E-state index in [4.69, 9.17) is 15.9 Å². The van der Waals surface area contributed by atoms with Gasteiger partial charge in [-0.15, -0.1) is 0 Å². The molecule has 0 aliphatic rings. The molecule has 0 unspecified atom stereocenters. The Morgan fingerprint density at radius 1 is 0.931 bits per heavy atom. The summed E-state index contributed by atoms with van der Waals surface area (Å²) in [7, 11) is 0. The van der Waals surface area contributed by atoms with Crippen LogP contribution in [0, 0.1) is 0 Å². The van der Waals surface area contributed by atoms with Crippen molar-refractivity contribution in [3.05, 3.63) is 29.8 Å². The van der Waals surface area contributed by atoms with Crippen molar-refractivity contribution in [1.82, 2.24) is 16.0 Å². The highest BCUT2D eigenvalue weighted by atomic mass is 16.4. The molecule has 0 aromatic heterocycles. The van der Waals surface area contributed by atoms with Crippen LogP contribution in [0.1, 0.15) is 12.0 Å². The van der Waals surface area contributed by atoms with Gasteiger partial charge in [-0.2, -0.15) is 0 Å². The number of phenolic OH excluding ortho intramolecular Hbond substituents is 1. The molecular formula is C17H22N4O8. The molecular weight excluding hydrogens is 388 g/mol. The number of hydrogen-bond acceptors (Lipinski definition) is 7. The molecule has 1 rings (SSSR count). The van der Waals surface area contributed by atoms with Crippen molar-refractivity contribution < 1.29 is 39.3 Å². The van der Waals surface area contributed by atoms with Crippen LogP contribution in [0.25, 0.3) is 0 Å². The lowest BCUT2D eigenvalue weighted by Crippen LogP contribution is -2.52. The fourth-order valence-corrected chi connectivity index (χ4v) is 2.24. The molecule has 1 aromatic carbocycles. The van der Waals surface area contributed by atoms with E-state index < -0.39 is 54.7 Å². The Labute approximate surface area is 165 Å². The van der Waals surface area contributed by atoms with E-state index in [1.807, 2.05) is 5.32 Å². The Hall–Kier alpha value is -3.67. The van der Waals surface area contributed by atoms with Crippen LogP contribution in [0.4, 0.5) is 0 Å². The van der Waals surface area contributed by atoms with E-state index in [1.54, 1.807) is 12.1 Å². The molecule has 158 valence electrons. The number of aliphatic carboxylic acids is 2. The minimum atomic E-state index is -1.65. The monoisotopic (exact) mass is 410 g/mol. The van der Waals surface area contributed by atoms with Crippen LogP contribution in [0.15, 0.2) is 24.3 Å². The molecule has 0 fully saturated rings. The number of benzene rings is 1. The van der Waals surface area contributed by atoms with E-state index in [2.05, 4.69) is 10.6 Å². The molecule has 0 aliphatic carbocycles. The quantitative estimate of drug-likeness (QED) is 0.206. The predicted molar refractivity (Wildman–Crippen MR) is 97.6 cm³/mol. The lowest BCUT2D eigenvalue weighted by molar-refractivity contribution is -0.147. The molecule has 0 radical (unpaired) electrons. The largest absolute Gasteiger partial charge is 0.508 e. The number of phenols is 1. The molecule has 0 heterocycles. The summed E-state index contributed by atoms with van der Waals surface area (Å²) in [5.41, 5.74) is 5.84. The standard InChI is InChI=1S/C17H22N4O8/c18-7-13(23)20-11(5-9-1-3-10(22)4-2-9)16(27)19-8-14(24)21-12(17(28)29)6-15(25)26/h1-4,11-12,22H,5-8,18H2,(H,19,27)(H,20,23)(H,21,24)(H,25,26)(H,28,29)/t11-,12-/m0/s1. The minimum Gasteiger partial charge on any atom is -0.508 e. The first-order valence-corrected chi connectivity index (χ1v) is 8.41. The van der Waals surface area contributed by atoms with Crippen LogP contribution >= 0.6 is 0 Å². The van der Waals surface area contributed by atoms with Crippen molar-refractivity contribution in [1.29, 1.82) is 0 Å². The summed E-state index contributed by atoms with van der Waals surface area (Å²) < 4.78 is 0. The topological polar surface area (TPSA) is 208 Å². The summed E-state index contributed by atoms with van der Waals surface area (Å²) in [6, 6.07) is 3.15. The molecule has 8 N–H and O–H groups in total. The second-order valence-corrected chi connectivity index (χ2v) is 5.97. The van der Waals surface area contributed by atoms with Crippen molar-refractivity contribution in [2.24, 2.45) is 5.73 Å². The molecule has 3 amide bonds. The third-order valence-electron chi connectivity index (χ3n) is 3.65. The second kappa shape index (κ2) is 11.2. The summed E-state index contributed by atoms with van der Waals surface area (Å²) in [5.74, 6) is -5.19. The highest BCUT2D eigenvalue weighted by molar-refractivity contribution is 5.92. The summed E-state index contributed by atoms with van der Waals surface area (Å²) in [5, 5.41) is 33.5. The lowest BCUT2D eigenvalue weighted by atomic mass is 10.0. The molecule has 0 saturated heterocycles. The van der Waals surface area contributed by atoms with Gasteiger partial charge in [0.05, 0.1) is 19.5 Å². The summed E-state index contributed by atoms with van der Waals surface area (Å²) >= 11 is 0. The molecule has 0 bridgehead atoms. The molecule has 12 nitrogen and oxygen atoms in total. The van der Waals surface area contributed by atoms with Gasteiger partial charge in [0.1, 0.15) is 17.8 Å². The molecule has 0 spiro atoms. The van der Waals surface area contributed by atoms with Crippen LogP contribution in [0.2, 0.25) is 0 Å². The van der Waals surface area contributed by atoms with Gasteiger partial charge in [-0.05, 0) is 17.7 Å². The zero-order valence-electron chi connectivity index (χ0n) is 15.3. The van der Waals surface area contributed by atoms with Crippen LogP contribution < -0.4 is 21.7 Å². The Morgan fingerprint density at radius 2 is 1.52 bits per heavy atom. The SMILES string of the molecule is NCC(=O)N[C@@H](Cc1ccc(O)cc1)C(=O)NCC(=O)N[C@@H](CC(=O)O)C(=O)O. The van der Waals surface area contributed by atoms with Gasteiger partial charge in [0.2, 0.25) is 17.7 Å². The Bertz CT molecular complexity index is 765. The van der Waals surface area contributed by atoms with Crippen LogP contribution in [-0.2, 0) is 30.4 Å². The average molecular weight is 410 g/mol. The van der Waals surface area contributed by atoms with Gasteiger partial charge in [0.25, 0.3) is 0 Å². The first-order valence-electron chi connectivity index (χ1n) is 8.41. The minimum absolute atomic E-state index is 0.0201. The molecule has 1 aromatic rings. The fraction of sp³-hybridized carbons (Fsp3) is 0.353. The number of carbonyl (C=O) groups is 5. The van der Waals surface area contributed by atoms with Gasteiger partial charge in [-0.1, -0.05) is 12.1 Å². The van der Waals surface area contributed by atoms with E-state index in [0.717, 1.165) is 0 Å². The number of rotatable bonds is 11. The van der Waals surface area contributed by atoms with Gasteiger partial charge >= 0.3 is 11.9 Å². The van der Waals surface area contributed by atoms with Crippen molar-refractivity contribution in [2.75, 3.05) is 13.1 Å². The first kappa shape index (κ1) is 23.4. The van der Waals surface area contributed by atoms with Crippen molar-refractivity contribution in [2.45, 2.75) is 24.9 Å². The number of carboxylic acids is 2. The van der Waals surface area contributed by atoms with Crippen LogP contribution in [0.5, 0.6) is 5.75 Å². The Morgan fingerprint density at radius 3 is 2.03 bits per heavy atom. The number of hydrogen-bond donors (Lipinski definition) is 7. The second-order valence-electron chi connectivity index (χ2n) is 5.97. The maximum absolute atomic E-state index is 12.4. The number of aromatic hydroxyl groups is 1. The summed E-state index contributed by atoms with van der Waals surface area (Å²) in [6.07, 6.45) is -0.790. The highest BCUT2D eigenvalue weighted by Gasteiger charge is 2.25. The number of carbonyl (C=O) groups excluding carboxylic acids is 3. The van der Waals surface area contributed by atoms with E-state index >= 15 is 0 Å². The Kier molecular flexibility index (Phi) is 9.05. The highest BCUT2D eigenvalue weighted by Crippen LogP contribution is 2.11. The third-order valence-corrected chi connectivity index (χ3v) is 3.65. The number of amides is 3. The summed E-state index contributed by atoms with van der Waals surface area (Å²) in [6.45, 7) is -0.998. The number of carboxylic acid groups (broad SMARTS) is 2. The Balaban J connectivity index is 2.71.